The highest BCUT2D eigenvalue weighted by molar-refractivity contribution is 7.45. The quantitative estimate of drug-likeness (QED) is 0.0161. The molecule has 3 unspecified atom stereocenters. The summed E-state index contributed by atoms with van der Waals surface area (Å²) in [5.41, 5.74) is 0. The third-order valence-electron chi connectivity index (χ3n) is 13.1. The Kier molecular flexibility index (Phi) is 51.5. The largest absolute Gasteiger partial charge is 0.756 e. The molecule has 74 heavy (non-hydrogen) atoms. The molecule has 10 heteroatoms. The summed E-state index contributed by atoms with van der Waals surface area (Å²) in [4.78, 5) is 39.9. The molecule has 0 fully saturated rings. The van der Waals surface area contributed by atoms with Crippen LogP contribution >= 0.6 is 7.82 Å². The molecule has 0 aliphatic carbocycles. The van der Waals surface area contributed by atoms with Crippen molar-refractivity contribution in [2.24, 2.45) is 0 Å². The lowest BCUT2D eigenvalue weighted by atomic mass is 10.0. The molecule has 0 heterocycles. The van der Waals surface area contributed by atoms with Crippen LogP contribution in [0.3, 0.4) is 0 Å². The van der Waals surface area contributed by atoms with Crippen LogP contribution in [0.25, 0.3) is 0 Å². The topological polar surface area (TPSA) is 114 Å². The number of esters is 1. The van der Waals surface area contributed by atoms with Gasteiger partial charge in [0.1, 0.15) is 19.3 Å². The molecule has 9 nitrogen and oxygen atoms in total. The maximum Gasteiger partial charge on any atom is 0.306 e. The molecule has 0 rings (SSSR count). The first-order valence-electron chi connectivity index (χ1n) is 30.4. The van der Waals surface area contributed by atoms with E-state index in [9.17, 15) is 19.0 Å². The van der Waals surface area contributed by atoms with E-state index < -0.39 is 26.6 Å². The predicted octanol–water partition coefficient (Wildman–Crippen LogP) is 18.0. The Morgan fingerprint density at radius 2 is 0.919 bits per heavy atom. The average Bonchev–Trinajstić information content (AvgIpc) is 3.36. The molecule has 1 amide bonds. The summed E-state index contributed by atoms with van der Waals surface area (Å²) < 4.78 is 30.3. The summed E-state index contributed by atoms with van der Waals surface area (Å²) in [7, 11) is 1.16. The number of nitrogens with one attached hydrogen (secondary N) is 1. The summed E-state index contributed by atoms with van der Waals surface area (Å²) in [6, 6.07) is -0.903. The molecule has 0 aromatic rings. The van der Waals surface area contributed by atoms with Gasteiger partial charge in [-0.2, -0.15) is 0 Å². The zero-order chi connectivity index (χ0) is 54.3. The Bertz CT molecular complexity index is 1540. The Balaban J connectivity index is 5.21. The van der Waals surface area contributed by atoms with Crippen molar-refractivity contribution >= 4 is 19.7 Å². The van der Waals surface area contributed by atoms with Gasteiger partial charge in [0.2, 0.25) is 5.91 Å². The van der Waals surface area contributed by atoms with Crippen molar-refractivity contribution in [1.29, 1.82) is 0 Å². The number of carbonyl (C=O) groups excluding carboxylic acids is 2. The van der Waals surface area contributed by atoms with Crippen LogP contribution in [0.1, 0.15) is 258 Å². The molecule has 0 aromatic carbocycles. The van der Waals surface area contributed by atoms with Gasteiger partial charge in [0.25, 0.3) is 7.82 Å². The van der Waals surface area contributed by atoms with E-state index in [1.165, 1.54) is 116 Å². The van der Waals surface area contributed by atoms with Crippen LogP contribution in [0.4, 0.5) is 0 Å². The van der Waals surface area contributed by atoms with Crippen molar-refractivity contribution in [3.8, 4) is 0 Å². The van der Waals surface area contributed by atoms with Crippen molar-refractivity contribution in [3.63, 3.8) is 0 Å². The Morgan fingerprint density at radius 1 is 0.500 bits per heavy atom. The number of likely N-dealkylation sites (N-methyl/N-ethyl adjacent to an activating group) is 1. The zero-order valence-electron chi connectivity index (χ0n) is 48.8. The standard InChI is InChI=1S/C64H115N2O7P/c1-7-10-13-16-19-22-25-28-29-30-31-32-33-34-35-36-37-39-42-45-48-51-54-57-64(68)73-62(55-52-49-46-43-40-27-24-21-18-15-12-9-3)61(60-72-74(69,70)71-59-58-66(4,5)6)65-63(67)56-53-50-47-44-41-38-26-23-20-17-14-11-8-2/h11,14,17,19-20,22-23,26,28-29,31-32,52,55,61-62H,7-10,12-13,15-16,18,21,24-25,27,30,33-51,53-54,56-60H2,1-6H3,(H-,65,67,69,70)/b14-11+,20-17+,22-19-,26-23-,29-28-,32-31-,55-52-. The van der Waals surface area contributed by atoms with Crippen molar-refractivity contribution in [2.75, 3.05) is 40.9 Å². The van der Waals surface area contributed by atoms with Crippen LogP contribution < -0.4 is 10.2 Å². The van der Waals surface area contributed by atoms with Gasteiger partial charge in [-0.3, -0.25) is 14.2 Å². The van der Waals surface area contributed by atoms with Gasteiger partial charge in [-0.05, 0) is 89.5 Å². The fourth-order valence-corrected chi connectivity index (χ4v) is 9.13. The van der Waals surface area contributed by atoms with Crippen molar-refractivity contribution in [3.05, 3.63) is 85.1 Å². The Labute approximate surface area is 456 Å². The molecule has 428 valence electrons. The lowest BCUT2D eigenvalue weighted by molar-refractivity contribution is -0.870. The summed E-state index contributed by atoms with van der Waals surface area (Å²) >= 11 is 0. The first-order valence-corrected chi connectivity index (χ1v) is 31.9. The average molecular weight is 1060 g/mol. The number of hydrogen-bond donors (Lipinski definition) is 1. The van der Waals surface area contributed by atoms with Gasteiger partial charge < -0.3 is 28.5 Å². The molecule has 1 N–H and O–H groups in total. The van der Waals surface area contributed by atoms with E-state index in [4.69, 9.17) is 13.8 Å². The fraction of sp³-hybridized carbons (Fsp3) is 0.750. The van der Waals surface area contributed by atoms with Crippen LogP contribution in [0.15, 0.2) is 85.1 Å². The lowest BCUT2D eigenvalue weighted by Crippen LogP contribution is -2.47. The lowest BCUT2D eigenvalue weighted by Gasteiger charge is -2.30. The number of rotatable bonds is 54. The number of allylic oxidation sites excluding steroid dienone is 13. The molecule has 0 aliphatic rings. The summed E-state index contributed by atoms with van der Waals surface area (Å²) in [6.45, 7) is 6.66. The number of unbranched alkanes of at least 4 members (excludes halogenated alkanes) is 28. The fourth-order valence-electron chi connectivity index (χ4n) is 8.41. The zero-order valence-corrected chi connectivity index (χ0v) is 49.7. The van der Waals surface area contributed by atoms with Gasteiger partial charge in [0, 0.05) is 12.8 Å². The van der Waals surface area contributed by atoms with E-state index in [0.29, 0.717) is 23.9 Å². The van der Waals surface area contributed by atoms with Crippen molar-refractivity contribution < 1.29 is 37.3 Å². The third kappa shape index (κ3) is 54.0. The number of quaternary nitrogens is 1. The van der Waals surface area contributed by atoms with Gasteiger partial charge >= 0.3 is 5.97 Å². The van der Waals surface area contributed by atoms with Crippen LogP contribution in [-0.2, 0) is 27.9 Å². The van der Waals surface area contributed by atoms with Crippen LogP contribution in [0, 0.1) is 0 Å². The number of phosphoric ester groups is 1. The van der Waals surface area contributed by atoms with Gasteiger partial charge in [0.05, 0.1) is 33.8 Å². The second kappa shape index (κ2) is 53.6. The molecule has 0 radical (unpaired) electrons. The monoisotopic (exact) mass is 1050 g/mol. The van der Waals surface area contributed by atoms with Crippen LogP contribution in [0.5, 0.6) is 0 Å². The molecule has 0 saturated carbocycles. The minimum Gasteiger partial charge on any atom is -0.756 e. The van der Waals surface area contributed by atoms with Crippen molar-refractivity contribution in [2.45, 2.75) is 270 Å². The van der Waals surface area contributed by atoms with Gasteiger partial charge in [-0.1, -0.05) is 241 Å². The van der Waals surface area contributed by atoms with Gasteiger partial charge in [-0.25, -0.2) is 0 Å². The third-order valence-corrected chi connectivity index (χ3v) is 14.1. The molecular formula is C64H115N2O7P. The minimum absolute atomic E-state index is 0.0305. The predicted molar refractivity (Wildman–Crippen MR) is 316 cm³/mol. The van der Waals surface area contributed by atoms with E-state index in [-0.39, 0.29) is 24.9 Å². The Hall–Kier alpha value is -2.81. The smallest absolute Gasteiger partial charge is 0.306 e. The van der Waals surface area contributed by atoms with E-state index in [1.54, 1.807) is 0 Å². The van der Waals surface area contributed by atoms with Gasteiger partial charge in [0.15, 0.2) is 0 Å². The number of phosphoric acid groups is 1. The maximum atomic E-state index is 13.5. The minimum atomic E-state index is -4.71. The highest BCUT2D eigenvalue weighted by atomic mass is 31.2. The van der Waals surface area contributed by atoms with E-state index in [0.717, 1.165) is 103 Å². The van der Waals surface area contributed by atoms with E-state index in [2.05, 4.69) is 92.9 Å². The number of ether oxygens (including phenoxy) is 1. The molecule has 0 aliphatic heterocycles. The second-order valence-corrected chi connectivity index (χ2v) is 22.9. The maximum absolute atomic E-state index is 13.5. The summed E-state index contributed by atoms with van der Waals surface area (Å²) in [5.74, 6) is -0.571. The van der Waals surface area contributed by atoms with Crippen LogP contribution in [0.2, 0.25) is 0 Å². The molecule has 0 spiro atoms. The molecular weight excluding hydrogens is 940 g/mol. The summed E-state index contributed by atoms with van der Waals surface area (Å²) in [5, 5.41) is 3.01. The molecule has 3 atom stereocenters. The van der Waals surface area contributed by atoms with E-state index in [1.807, 2.05) is 39.4 Å². The van der Waals surface area contributed by atoms with Gasteiger partial charge in [-0.15, -0.1) is 0 Å². The number of carbonyl (C=O) groups is 2. The van der Waals surface area contributed by atoms with Crippen LogP contribution in [-0.4, -0.2) is 69.4 Å². The molecule has 0 saturated heterocycles. The normalized spacial score (nSPS) is 14.3. The second-order valence-electron chi connectivity index (χ2n) is 21.5. The first-order chi connectivity index (χ1) is 35.9. The Morgan fingerprint density at radius 3 is 1.43 bits per heavy atom. The number of amides is 1. The summed E-state index contributed by atoms with van der Waals surface area (Å²) in [6.07, 6.45) is 69.8. The van der Waals surface area contributed by atoms with Crippen molar-refractivity contribution in [1.82, 2.24) is 5.32 Å². The molecule has 0 aromatic heterocycles. The number of hydrogen-bond acceptors (Lipinski definition) is 7. The SMILES string of the molecule is CC/C=C/C=C/C=C\CCCCCCCC(=O)NC(COP(=O)([O-])OCC[N+](C)(C)C)C(/C=C\CCCCCCCCCCCC)OC(=O)CCCCCCCCCCCC/C=C\C/C=C\C/C=C\CCCCC. The van der Waals surface area contributed by atoms with E-state index >= 15 is 0 Å². The number of nitrogens with zero attached hydrogens (tertiary/aromatic N) is 1. The molecule has 0 bridgehead atoms. The highest BCUT2D eigenvalue weighted by Crippen LogP contribution is 2.38. The first kappa shape index (κ1) is 71.2. The highest BCUT2D eigenvalue weighted by Gasteiger charge is 2.27.